The number of nitrogens with one attached hydrogen (secondary N) is 1. The van der Waals surface area contributed by atoms with Crippen LogP contribution in [-0.4, -0.2) is 53.1 Å². The summed E-state index contributed by atoms with van der Waals surface area (Å²) in [6.07, 6.45) is 6.47. The van der Waals surface area contributed by atoms with Gasteiger partial charge in [-0.3, -0.25) is 4.90 Å². The highest BCUT2D eigenvalue weighted by Gasteiger charge is 2.39. The molecule has 0 bridgehead atoms. The minimum absolute atomic E-state index is 0.190. The fourth-order valence-corrected chi connectivity index (χ4v) is 7.90. The Bertz CT molecular complexity index is 2100. The molecule has 266 valence electrons. The molecule has 53 heavy (non-hydrogen) atoms. The summed E-state index contributed by atoms with van der Waals surface area (Å²) in [6, 6.07) is 46.2. The van der Waals surface area contributed by atoms with E-state index in [4.69, 9.17) is 14.8 Å². The number of carbonyl (C=O) groups excluding carboxylic acids is 1. The predicted molar refractivity (Wildman–Crippen MR) is 212 cm³/mol. The van der Waals surface area contributed by atoms with Crippen LogP contribution in [0.15, 0.2) is 151 Å². The second-order valence-electron chi connectivity index (χ2n) is 13.8. The molecule has 2 amide bonds. The second kappa shape index (κ2) is 14.9. The van der Waals surface area contributed by atoms with Crippen LogP contribution < -0.4 is 10.2 Å². The van der Waals surface area contributed by atoms with Crippen molar-refractivity contribution in [3.8, 4) is 0 Å². The van der Waals surface area contributed by atoms with Crippen molar-refractivity contribution < 1.29 is 9.53 Å². The molecular formula is C45H44N6O2. The summed E-state index contributed by atoms with van der Waals surface area (Å²) >= 11 is 0. The lowest BCUT2D eigenvalue weighted by Gasteiger charge is -2.38. The molecule has 3 heterocycles. The Labute approximate surface area is 311 Å². The first kappa shape index (κ1) is 34.1. The first-order chi connectivity index (χ1) is 26.0. The molecule has 1 fully saturated rings. The third kappa shape index (κ3) is 6.51. The highest BCUT2D eigenvalue weighted by Crippen LogP contribution is 2.42. The van der Waals surface area contributed by atoms with Gasteiger partial charge in [-0.1, -0.05) is 103 Å². The third-order valence-corrected chi connectivity index (χ3v) is 10.5. The lowest BCUT2D eigenvalue weighted by molar-refractivity contribution is 0.0826. The number of benzene rings is 5. The van der Waals surface area contributed by atoms with Gasteiger partial charge in [-0.2, -0.15) is 5.10 Å². The van der Waals surface area contributed by atoms with Gasteiger partial charge in [0.05, 0.1) is 17.1 Å². The molecule has 1 saturated heterocycles. The van der Waals surface area contributed by atoms with E-state index in [-0.39, 0.29) is 11.9 Å². The molecule has 6 aromatic rings. The molecule has 0 aliphatic carbocycles. The topological polar surface area (TPSA) is 75.0 Å². The smallest absolute Gasteiger partial charge is 0.349 e. The standard InChI is InChI=1S/C45H44N6O2/c1-33-18-23-40-41(32-33)51(44(52)49(2)48-43(40)34-25-30-53-31-26-34)39-21-19-38(20-22-39)46-27-24-42-47-28-29-50(42)45(35-12-6-3-7-13-35,36-14-8-4-9-15-36)37-16-10-5-11-17-37/h3-23,28-29,32,34,46H,24-27,30-31H2,1-2H3. The lowest BCUT2D eigenvalue weighted by Crippen LogP contribution is -2.38. The number of hydrazone groups is 1. The Hall–Kier alpha value is -5.99. The average molecular weight is 701 g/mol. The molecule has 2 aliphatic rings. The quantitative estimate of drug-likeness (QED) is 0.145. The molecule has 1 aromatic heterocycles. The van der Waals surface area contributed by atoms with Gasteiger partial charge in [0.15, 0.2) is 0 Å². The van der Waals surface area contributed by atoms with Crippen LogP contribution in [0.4, 0.5) is 21.9 Å². The molecule has 1 N–H and O–H groups in total. The number of hydrogen-bond acceptors (Lipinski definition) is 5. The van der Waals surface area contributed by atoms with Crippen LogP contribution in [0.2, 0.25) is 0 Å². The van der Waals surface area contributed by atoms with Gasteiger partial charge in [0.1, 0.15) is 11.4 Å². The number of nitrogens with zero attached hydrogens (tertiary/aromatic N) is 5. The Morgan fingerprint density at radius 3 is 2.00 bits per heavy atom. The number of carbonyl (C=O) groups is 1. The highest BCUT2D eigenvalue weighted by atomic mass is 16.5. The molecule has 0 unspecified atom stereocenters. The number of urea groups is 1. The number of anilines is 3. The molecule has 2 aliphatic heterocycles. The van der Waals surface area contributed by atoms with Crippen molar-refractivity contribution in [3.05, 3.63) is 179 Å². The number of ether oxygens (including phenoxy) is 1. The van der Waals surface area contributed by atoms with E-state index in [0.717, 1.165) is 69.3 Å². The Morgan fingerprint density at radius 2 is 1.40 bits per heavy atom. The van der Waals surface area contributed by atoms with Crippen LogP contribution in [-0.2, 0) is 16.7 Å². The van der Waals surface area contributed by atoms with Gasteiger partial charge in [0.2, 0.25) is 0 Å². The maximum atomic E-state index is 14.0. The number of amides is 2. The van der Waals surface area contributed by atoms with Crippen LogP contribution >= 0.6 is 0 Å². The normalized spacial score (nSPS) is 15.1. The van der Waals surface area contributed by atoms with Crippen LogP contribution in [0.5, 0.6) is 0 Å². The number of hydrogen-bond donors (Lipinski definition) is 1. The summed E-state index contributed by atoms with van der Waals surface area (Å²) in [4.78, 5) is 20.7. The van der Waals surface area contributed by atoms with Crippen molar-refractivity contribution >= 4 is 28.8 Å². The second-order valence-corrected chi connectivity index (χ2v) is 13.8. The zero-order chi connectivity index (χ0) is 36.2. The molecule has 5 aromatic carbocycles. The maximum Gasteiger partial charge on any atom is 0.349 e. The van der Waals surface area contributed by atoms with Gasteiger partial charge >= 0.3 is 6.03 Å². The number of aromatic nitrogens is 2. The zero-order valence-corrected chi connectivity index (χ0v) is 30.2. The van der Waals surface area contributed by atoms with Crippen molar-refractivity contribution in [2.75, 3.05) is 37.0 Å². The van der Waals surface area contributed by atoms with Gasteiger partial charge in [0.25, 0.3) is 0 Å². The first-order valence-electron chi connectivity index (χ1n) is 18.4. The van der Waals surface area contributed by atoms with Crippen molar-refractivity contribution in [1.29, 1.82) is 0 Å². The third-order valence-electron chi connectivity index (χ3n) is 10.5. The summed E-state index contributed by atoms with van der Waals surface area (Å²) in [7, 11) is 1.75. The minimum Gasteiger partial charge on any atom is -0.385 e. The van der Waals surface area contributed by atoms with Crippen LogP contribution in [0, 0.1) is 12.8 Å². The molecule has 8 rings (SSSR count). The van der Waals surface area contributed by atoms with E-state index in [1.165, 1.54) is 5.01 Å². The van der Waals surface area contributed by atoms with Gasteiger partial charge in [-0.05, 0) is 72.4 Å². The van der Waals surface area contributed by atoms with Crippen molar-refractivity contribution in [2.45, 2.75) is 31.7 Å². The molecular weight excluding hydrogens is 657 g/mol. The highest BCUT2D eigenvalue weighted by molar-refractivity contribution is 6.13. The zero-order valence-electron chi connectivity index (χ0n) is 30.2. The van der Waals surface area contributed by atoms with Crippen molar-refractivity contribution in [2.24, 2.45) is 11.0 Å². The summed E-state index contributed by atoms with van der Waals surface area (Å²) in [6.45, 7) is 4.14. The summed E-state index contributed by atoms with van der Waals surface area (Å²) < 4.78 is 7.98. The molecule has 0 radical (unpaired) electrons. The fraction of sp³-hybridized carbons (Fsp3) is 0.222. The molecule has 0 atom stereocenters. The summed E-state index contributed by atoms with van der Waals surface area (Å²) in [5, 5.41) is 9.98. The minimum atomic E-state index is -0.618. The van der Waals surface area contributed by atoms with Gasteiger partial charge in [0, 0.05) is 62.8 Å². The molecule has 0 spiro atoms. The average Bonchev–Trinajstić information content (AvgIpc) is 3.64. The Kier molecular flexibility index (Phi) is 9.61. The number of fused-ring (bicyclic) bond motifs is 1. The van der Waals surface area contributed by atoms with Gasteiger partial charge in [-0.25, -0.2) is 14.8 Å². The predicted octanol–water partition coefficient (Wildman–Crippen LogP) is 9.02. The molecule has 0 saturated carbocycles. The van der Waals surface area contributed by atoms with E-state index in [1.54, 1.807) is 11.9 Å². The molecule has 8 nitrogen and oxygen atoms in total. The maximum absolute atomic E-state index is 14.0. The Balaban J connectivity index is 1.06. The monoisotopic (exact) mass is 700 g/mol. The van der Waals surface area contributed by atoms with Gasteiger partial charge in [-0.15, -0.1) is 0 Å². The fourth-order valence-electron chi connectivity index (χ4n) is 7.90. The van der Waals surface area contributed by atoms with Gasteiger partial charge < -0.3 is 14.6 Å². The van der Waals surface area contributed by atoms with E-state index < -0.39 is 5.54 Å². The summed E-state index contributed by atoms with van der Waals surface area (Å²) in [5.41, 5.74) is 8.52. The summed E-state index contributed by atoms with van der Waals surface area (Å²) in [5.74, 6) is 1.21. The largest absolute Gasteiger partial charge is 0.385 e. The van der Waals surface area contributed by atoms with E-state index in [9.17, 15) is 4.79 Å². The first-order valence-corrected chi connectivity index (χ1v) is 18.4. The van der Waals surface area contributed by atoms with E-state index in [0.29, 0.717) is 26.2 Å². The van der Waals surface area contributed by atoms with Crippen LogP contribution in [0.1, 0.15) is 46.5 Å². The molecule has 8 heteroatoms. The number of rotatable bonds is 10. The lowest BCUT2D eigenvalue weighted by atomic mass is 9.76. The number of aryl methyl sites for hydroxylation is 1. The van der Waals surface area contributed by atoms with E-state index in [1.807, 2.05) is 30.5 Å². The Morgan fingerprint density at radius 1 is 0.792 bits per heavy atom. The SMILES string of the molecule is Cc1ccc2c(c1)N(c1ccc(NCCc3nccn3C(c3ccccc3)(c3ccccc3)c3ccccc3)cc1)C(=O)N(C)N=C2C1CCOCC1. The van der Waals surface area contributed by atoms with Crippen LogP contribution in [0.3, 0.4) is 0 Å². The van der Waals surface area contributed by atoms with Crippen LogP contribution in [0.25, 0.3) is 0 Å². The van der Waals surface area contributed by atoms with E-state index >= 15 is 0 Å². The van der Waals surface area contributed by atoms with Crippen molar-refractivity contribution in [3.63, 3.8) is 0 Å². The van der Waals surface area contributed by atoms with Crippen molar-refractivity contribution in [1.82, 2.24) is 14.6 Å². The van der Waals surface area contributed by atoms with E-state index in [2.05, 4.69) is 132 Å². The number of imidazole rings is 1.